The molecule has 0 aromatic rings. The molecule has 112 valence electrons. The minimum Gasteiger partial charge on any atom is -0.465 e. The molecule has 4 heteroatoms. The summed E-state index contributed by atoms with van der Waals surface area (Å²) in [6.45, 7) is 8.39. The second kappa shape index (κ2) is 8.54. The smallest absolute Gasteiger partial charge is 0.310 e. The number of likely N-dealkylation sites (tertiary alicyclic amines) is 1. The zero-order valence-electron chi connectivity index (χ0n) is 12.6. The first-order valence-electron chi connectivity index (χ1n) is 7.63. The molecular formula is C15H29NO3. The van der Waals surface area contributed by atoms with Crippen LogP contribution in [0.4, 0.5) is 0 Å². The predicted octanol–water partition coefficient (Wildman–Crippen LogP) is 2.41. The molecule has 0 aromatic carbocycles. The summed E-state index contributed by atoms with van der Waals surface area (Å²) in [5.41, 5.74) is 0. The van der Waals surface area contributed by atoms with Crippen LogP contribution in [0.2, 0.25) is 0 Å². The molecule has 0 aromatic heterocycles. The first-order chi connectivity index (χ1) is 9.04. The third-order valence-corrected chi connectivity index (χ3v) is 3.55. The Morgan fingerprint density at radius 1 is 1.37 bits per heavy atom. The number of aliphatic hydroxyl groups is 1. The Hall–Kier alpha value is -0.610. The van der Waals surface area contributed by atoms with Crippen LogP contribution in [-0.2, 0) is 9.53 Å². The van der Waals surface area contributed by atoms with Crippen LogP contribution < -0.4 is 0 Å². The van der Waals surface area contributed by atoms with Gasteiger partial charge in [-0.05, 0) is 12.3 Å². The average molecular weight is 271 g/mol. The third-order valence-electron chi connectivity index (χ3n) is 3.55. The molecule has 0 spiro atoms. The van der Waals surface area contributed by atoms with Crippen molar-refractivity contribution in [3.63, 3.8) is 0 Å². The number of hydrogen-bond acceptors (Lipinski definition) is 4. The minimum absolute atomic E-state index is 0.137. The maximum atomic E-state index is 11.9. The van der Waals surface area contributed by atoms with Crippen molar-refractivity contribution in [1.29, 1.82) is 0 Å². The number of unbranched alkanes of at least 4 members (excludes halogenated alkanes) is 3. The number of ether oxygens (including phenoxy) is 1. The Kier molecular flexibility index (Phi) is 7.39. The number of aliphatic hydroxyl groups excluding tert-OH is 1. The number of esters is 1. The Bertz CT molecular complexity index is 268. The highest BCUT2D eigenvalue weighted by Gasteiger charge is 2.35. The van der Waals surface area contributed by atoms with Gasteiger partial charge in [0.25, 0.3) is 0 Å². The lowest BCUT2D eigenvalue weighted by molar-refractivity contribution is -0.148. The maximum Gasteiger partial charge on any atom is 0.310 e. The highest BCUT2D eigenvalue weighted by Crippen LogP contribution is 2.23. The van der Waals surface area contributed by atoms with Crippen molar-refractivity contribution >= 4 is 5.97 Å². The first-order valence-corrected chi connectivity index (χ1v) is 7.63. The summed E-state index contributed by atoms with van der Waals surface area (Å²) in [5, 5.41) is 9.92. The Labute approximate surface area is 117 Å². The highest BCUT2D eigenvalue weighted by molar-refractivity contribution is 5.73. The topological polar surface area (TPSA) is 49.8 Å². The molecule has 1 rings (SSSR count). The van der Waals surface area contributed by atoms with E-state index in [0.717, 1.165) is 19.4 Å². The fraction of sp³-hybridized carbons (Fsp3) is 0.933. The van der Waals surface area contributed by atoms with E-state index in [1.165, 1.54) is 12.8 Å². The van der Waals surface area contributed by atoms with Gasteiger partial charge in [-0.3, -0.25) is 9.69 Å². The molecule has 0 amide bonds. The number of carbonyl (C=O) groups is 1. The molecule has 1 aliphatic heterocycles. The van der Waals surface area contributed by atoms with E-state index in [4.69, 9.17) is 4.74 Å². The van der Waals surface area contributed by atoms with E-state index in [0.29, 0.717) is 25.5 Å². The molecule has 4 nitrogen and oxygen atoms in total. The van der Waals surface area contributed by atoms with Crippen LogP contribution in [-0.4, -0.2) is 41.9 Å². The molecule has 1 N–H and O–H groups in total. The molecule has 0 aliphatic carbocycles. The average Bonchev–Trinajstić information content (AvgIpc) is 2.70. The second-order valence-corrected chi connectivity index (χ2v) is 5.99. The molecule has 1 saturated heterocycles. The van der Waals surface area contributed by atoms with E-state index in [1.54, 1.807) is 0 Å². The second-order valence-electron chi connectivity index (χ2n) is 5.99. The molecule has 2 atom stereocenters. The largest absolute Gasteiger partial charge is 0.465 e. The van der Waals surface area contributed by atoms with Crippen molar-refractivity contribution < 1.29 is 14.6 Å². The lowest BCUT2D eigenvalue weighted by atomic mass is 10.1. The van der Waals surface area contributed by atoms with Gasteiger partial charge in [-0.15, -0.1) is 0 Å². The summed E-state index contributed by atoms with van der Waals surface area (Å²) in [4.78, 5) is 13.9. The van der Waals surface area contributed by atoms with E-state index in [1.807, 2.05) is 4.90 Å². The van der Waals surface area contributed by atoms with Gasteiger partial charge in [0.15, 0.2) is 0 Å². The van der Waals surface area contributed by atoms with Gasteiger partial charge in [0.2, 0.25) is 0 Å². The number of carbonyl (C=O) groups excluding carboxylic acids is 1. The highest BCUT2D eigenvalue weighted by atomic mass is 16.5. The van der Waals surface area contributed by atoms with Gasteiger partial charge in [0.1, 0.15) is 6.23 Å². The van der Waals surface area contributed by atoms with Gasteiger partial charge < -0.3 is 9.84 Å². The van der Waals surface area contributed by atoms with Crippen molar-refractivity contribution in [2.24, 2.45) is 11.8 Å². The van der Waals surface area contributed by atoms with E-state index in [-0.39, 0.29) is 11.9 Å². The van der Waals surface area contributed by atoms with Gasteiger partial charge in [0.05, 0.1) is 12.5 Å². The van der Waals surface area contributed by atoms with Crippen LogP contribution in [0.15, 0.2) is 0 Å². The molecule has 1 fully saturated rings. The van der Waals surface area contributed by atoms with Crippen LogP contribution in [0, 0.1) is 11.8 Å². The summed E-state index contributed by atoms with van der Waals surface area (Å²) in [5.74, 6) is 0.209. The summed E-state index contributed by atoms with van der Waals surface area (Å²) in [7, 11) is 0. The van der Waals surface area contributed by atoms with Crippen LogP contribution in [0.3, 0.4) is 0 Å². The summed E-state index contributed by atoms with van der Waals surface area (Å²) >= 11 is 0. The molecule has 19 heavy (non-hydrogen) atoms. The van der Waals surface area contributed by atoms with Crippen molar-refractivity contribution in [3.8, 4) is 0 Å². The van der Waals surface area contributed by atoms with Crippen LogP contribution in [0.25, 0.3) is 0 Å². The maximum absolute atomic E-state index is 11.9. The lowest BCUT2D eigenvalue weighted by Gasteiger charge is -2.21. The van der Waals surface area contributed by atoms with Crippen molar-refractivity contribution in [1.82, 2.24) is 4.90 Å². The summed E-state index contributed by atoms with van der Waals surface area (Å²) in [6.07, 6.45) is 4.48. The van der Waals surface area contributed by atoms with Crippen LogP contribution >= 0.6 is 0 Å². The summed E-state index contributed by atoms with van der Waals surface area (Å²) < 4.78 is 5.30. The van der Waals surface area contributed by atoms with E-state index in [2.05, 4.69) is 20.8 Å². The fourth-order valence-electron chi connectivity index (χ4n) is 2.54. The van der Waals surface area contributed by atoms with Crippen LogP contribution in [0.5, 0.6) is 0 Å². The molecular weight excluding hydrogens is 242 g/mol. The molecule has 0 saturated carbocycles. The lowest BCUT2D eigenvalue weighted by Crippen LogP contribution is -2.33. The zero-order valence-corrected chi connectivity index (χ0v) is 12.6. The Morgan fingerprint density at radius 3 is 2.74 bits per heavy atom. The van der Waals surface area contributed by atoms with Gasteiger partial charge in [0, 0.05) is 19.5 Å². The SMILES string of the molecule is CCCCCCOC(=O)C1CC(O)N(CC(C)C)C1. The van der Waals surface area contributed by atoms with Crippen molar-refractivity contribution in [3.05, 3.63) is 0 Å². The third kappa shape index (κ3) is 5.91. The van der Waals surface area contributed by atoms with E-state index < -0.39 is 6.23 Å². The number of rotatable bonds is 8. The Balaban J connectivity index is 2.23. The number of hydrogen-bond donors (Lipinski definition) is 1. The fourth-order valence-corrected chi connectivity index (χ4v) is 2.54. The molecule has 0 radical (unpaired) electrons. The standard InChI is InChI=1S/C15H29NO3/c1-4-5-6-7-8-19-15(18)13-9-14(17)16(11-13)10-12(2)3/h12-14,17H,4-11H2,1-3H3. The monoisotopic (exact) mass is 271 g/mol. The van der Waals surface area contributed by atoms with E-state index in [9.17, 15) is 9.90 Å². The Morgan fingerprint density at radius 2 is 2.11 bits per heavy atom. The molecule has 0 bridgehead atoms. The zero-order chi connectivity index (χ0) is 14.3. The molecule has 2 unspecified atom stereocenters. The van der Waals surface area contributed by atoms with Gasteiger partial charge in [-0.2, -0.15) is 0 Å². The predicted molar refractivity (Wildman–Crippen MR) is 75.6 cm³/mol. The van der Waals surface area contributed by atoms with E-state index >= 15 is 0 Å². The summed E-state index contributed by atoms with van der Waals surface area (Å²) in [6, 6.07) is 0. The van der Waals surface area contributed by atoms with Gasteiger partial charge in [-0.1, -0.05) is 40.0 Å². The minimum atomic E-state index is -0.486. The van der Waals surface area contributed by atoms with Crippen LogP contribution in [0.1, 0.15) is 52.9 Å². The quantitative estimate of drug-likeness (QED) is 0.544. The van der Waals surface area contributed by atoms with Crippen molar-refractivity contribution in [2.45, 2.75) is 59.1 Å². The molecule has 1 aliphatic rings. The number of nitrogens with zero attached hydrogens (tertiary/aromatic N) is 1. The first kappa shape index (κ1) is 16.4. The van der Waals surface area contributed by atoms with Crippen molar-refractivity contribution in [2.75, 3.05) is 19.7 Å². The van der Waals surface area contributed by atoms with Gasteiger partial charge >= 0.3 is 5.97 Å². The normalized spacial score (nSPS) is 24.1. The van der Waals surface area contributed by atoms with Gasteiger partial charge in [-0.25, -0.2) is 0 Å². The molecule has 1 heterocycles.